The molecule has 404 valence electrons. The second-order valence-electron chi connectivity index (χ2n) is 15.1. The lowest BCUT2D eigenvalue weighted by atomic mass is 10.0. The van der Waals surface area contributed by atoms with E-state index in [1.54, 1.807) is 12.1 Å². The molecule has 3 aromatic carbocycles. The number of phenolic OH excluding ortho intramolecular Hbond substituents is 1. The number of hydrogen-bond acceptors (Lipinski definition) is 11. The van der Waals surface area contributed by atoms with Crippen LogP contribution in [0, 0.1) is 0 Å². The molecule has 31 heteroatoms. The number of hydrogen-bond donors (Lipinski definition) is 13. The highest BCUT2D eigenvalue weighted by Gasteiger charge is 2.39. The van der Waals surface area contributed by atoms with Crippen LogP contribution in [0.5, 0.6) is 5.75 Å². The van der Waals surface area contributed by atoms with Crippen LogP contribution in [0.25, 0.3) is 10.8 Å². The number of nitrogens with zero attached hydrogens (tertiary/aromatic N) is 2. The molecular weight excluding hydrogens is 1010 g/mol. The van der Waals surface area contributed by atoms with Gasteiger partial charge in [0.05, 0.1) is 6.54 Å². The molecule has 1 saturated heterocycles. The van der Waals surface area contributed by atoms with Crippen molar-refractivity contribution < 1.29 is 93.5 Å². The van der Waals surface area contributed by atoms with Gasteiger partial charge in [0.1, 0.15) is 23.9 Å². The van der Waals surface area contributed by atoms with Gasteiger partial charge >= 0.3 is 36.4 Å². The largest absolute Gasteiger partial charge is 0.508 e. The smallest absolute Gasteiger partial charge is 0.490 e. The van der Waals surface area contributed by atoms with E-state index in [4.69, 9.17) is 52.6 Å². The number of nitrogens with one attached hydrogen (secondary N) is 5. The average molecular weight is 1060 g/mol. The number of carbonyl (C=O) groups excluding carboxylic acids is 4. The van der Waals surface area contributed by atoms with E-state index < -0.39 is 84.2 Å². The number of aromatic hydroxyl groups is 1. The fourth-order valence-electron chi connectivity index (χ4n) is 5.90. The maximum atomic E-state index is 13.9. The molecule has 17 N–H and O–H groups in total. The number of alkyl halides is 9. The van der Waals surface area contributed by atoms with Crippen LogP contribution in [0.3, 0.4) is 0 Å². The number of fused-ring (bicyclic) bond motifs is 1. The number of guanidine groups is 2. The quantitative estimate of drug-likeness (QED) is 0.0518. The second kappa shape index (κ2) is 29.9. The van der Waals surface area contributed by atoms with Crippen LogP contribution in [0.4, 0.5) is 39.5 Å². The summed E-state index contributed by atoms with van der Waals surface area (Å²) in [7, 11) is 0. The predicted octanol–water partition coefficient (Wildman–Crippen LogP) is 0.880. The molecule has 0 aromatic heterocycles. The maximum Gasteiger partial charge on any atom is 0.490 e. The van der Waals surface area contributed by atoms with Crippen molar-refractivity contribution in [2.45, 2.75) is 81.2 Å². The summed E-state index contributed by atoms with van der Waals surface area (Å²) in [4.78, 5) is 89.5. The summed E-state index contributed by atoms with van der Waals surface area (Å²) in [5.74, 6) is -10.5. The van der Waals surface area contributed by atoms with Crippen molar-refractivity contribution >= 4 is 64.2 Å². The number of aliphatic imine (C=N–C) groups is 2. The number of phenols is 1. The van der Waals surface area contributed by atoms with E-state index in [1.165, 1.54) is 12.1 Å². The Kier molecular flexibility index (Phi) is 25.8. The minimum atomic E-state index is -5.08. The Labute approximate surface area is 407 Å². The molecule has 1 heterocycles. The highest BCUT2D eigenvalue weighted by molar-refractivity contribution is 5.95. The van der Waals surface area contributed by atoms with Crippen LogP contribution in [-0.2, 0) is 46.4 Å². The van der Waals surface area contributed by atoms with E-state index in [0.717, 1.165) is 16.3 Å². The molecule has 0 spiro atoms. The number of carboxylic acids is 3. The fourth-order valence-corrected chi connectivity index (χ4v) is 5.90. The molecule has 0 unspecified atom stereocenters. The average Bonchev–Trinajstić information content (AvgIpc) is 3.28. The number of benzene rings is 3. The van der Waals surface area contributed by atoms with Crippen molar-refractivity contribution in [3.8, 4) is 5.75 Å². The number of nitrogens with two attached hydrogens (primary N) is 4. The fraction of sp³-hybridized carbons (Fsp3) is 0.405. The number of rotatable bonds is 12. The Morgan fingerprint density at radius 1 is 0.562 bits per heavy atom. The summed E-state index contributed by atoms with van der Waals surface area (Å²) in [5, 5.41) is 47.8. The first kappa shape index (κ1) is 62.9. The van der Waals surface area contributed by atoms with Crippen LogP contribution in [0.1, 0.15) is 36.8 Å². The first-order chi connectivity index (χ1) is 33.8. The van der Waals surface area contributed by atoms with Gasteiger partial charge in [0.25, 0.3) is 0 Å². The molecule has 0 bridgehead atoms. The lowest BCUT2D eigenvalue weighted by molar-refractivity contribution is -0.193. The topological polar surface area (TPSA) is 389 Å². The lowest BCUT2D eigenvalue weighted by Crippen LogP contribution is -2.57. The summed E-state index contributed by atoms with van der Waals surface area (Å²) in [6.07, 6.45) is -13.7. The monoisotopic (exact) mass is 1060 g/mol. The SMILES string of the molecule is NC(N)=NCCC[C@@H]1NC(=O)[C@H](CCCN=C(N)N)NC(=O)[C@@H](Cc2ccc(O)cc2)NC(=O)CNC[C@H](Cc2ccc3ccccc3c2)NC1=O.O=C(O)C(F)(F)F.O=C(O)C(F)(F)F.O=C(O)C(F)(F)F. The van der Waals surface area contributed by atoms with Crippen LogP contribution in [0.15, 0.2) is 76.7 Å². The molecule has 4 rings (SSSR count). The Balaban J connectivity index is 0.00000106. The Bertz CT molecular complexity index is 2320. The third-order valence-corrected chi connectivity index (χ3v) is 9.23. The van der Waals surface area contributed by atoms with E-state index in [2.05, 4.69) is 42.6 Å². The highest BCUT2D eigenvalue weighted by Crippen LogP contribution is 2.18. The lowest BCUT2D eigenvalue weighted by Gasteiger charge is -2.26. The second-order valence-corrected chi connectivity index (χ2v) is 15.1. The zero-order valence-electron chi connectivity index (χ0n) is 38.0. The first-order valence-corrected chi connectivity index (χ1v) is 21.0. The molecular formula is C42H52F9N11O11. The molecule has 3 aromatic rings. The van der Waals surface area contributed by atoms with Crippen molar-refractivity contribution in [3.63, 3.8) is 0 Å². The van der Waals surface area contributed by atoms with E-state index in [1.807, 2.05) is 36.4 Å². The van der Waals surface area contributed by atoms with Crippen molar-refractivity contribution in [2.75, 3.05) is 26.2 Å². The number of carboxylic acid groups (broad SMARTS) is 3. The standard InChI is InChI=1S/C36H49N11O5.3C2HF3O2/c37-35(38)42-15-3-7-28-32(50)44-26(18-23-9-12-24-5-1-2-6-25(24)17-23)20-41-21-31(49)45-30(19-22-10-13-27(48)14-11-22)34(52)47-29(33(51)46-28)8-4-16-43-36(39)40;3*3-2(4,5)1(6)7/h1-2,5-6,9-14,17,26,28-30,41,48H,3-4,7-8,15-16,18-21H2,(H,44,50)(H,45,49)(H,46,51)(H,47,52)(H4,37,38,42)(H4,39,40,43);3*(H,6,7)/t26-,28-,29-,30+;;;/m0.../s1. The minimum Gasteiger partial charge on any atom is -0.508 e. The van der Waals surface area contributed by atoms with E-state index in [0.29, 0.717) is 24.8 Å². The predicted molar refractivity (Wildman–Crippen MR) is 241 cm³/mol. The summed E-state index contributed by atoms with van der Waals surface area (Å²) in [6.45, 7) is 0.489. The van der Waals surface area contributed by atoms with Crippen molar-refractivity contribution in [3.05, 3.63) is 77.9 Å². The van der Waals surface area contributed by atoms with Crippen LogP contribution in [0.2, 0.25) is 0 Å². The van der Waals surface area contributed by atoms with Crippen LogP contribution >= 0.6 is 0 Å². The number of aliphatic carboxylic acids is 3. The van der Waals surface area contributed by atoms with Gasteiger partial charge in [-0.25, -0.2) is 14.4 Å². The van der Waals surface area contributed by atoms with Gasteiger partial charge in [-0.2, -0.15) is 39.5 Å². The molecule has 1 fully saturated rings. The van der Waals surface area contributed by atoms with Gasteiger partial charge in [0.15, 0.2) is 11.9 Å². The van der Waals surface area contributed by atoms with Crippen molar-refractivity contribution in [2.24, 2.45) is 32.9 Å². The van der Waals surface area contributed by atoms with Gasteiger partial charge in [-0.1, -0.05) is 54.6 Å². The molecule has 1 aliphatic rings. The molecule has 22 nitrogen and oxygen atoms in total. The number of amides is 4. The normalized spacial score (nSPS) is 17.7. The van der Waals surface area contributed by atoms with E-state index in [9.17, 15) is 63.8 Å². The summed E-state index contributed by atoms with van der Waals surface area (Å²) >= 11 is 0. The van der Waals surface area contributed by atoms with Crippen molar-refractivity contribution in [1.82, 2.24) is 26.6 Å². The first-order valence-electron chi connectivity index (χ1n) is 21.0. The Hall–Kier alpha value is -8.12. The molecule has 0 saturated carbocycles. The van der Waals surface area contributed by atoms with Gasteiger partial charge in [0.2, 0.25) is 23.6 Å². The number of carbonyl (C=O) groups is 7. The molecule has 4 amide bonds. The maximum absolute atomic E-state index is 13.9. The summed E-state index contributed by atoms with van der Waals surface area (Å²) in [6, 6.07) is 16.6. The third-order valence-electron chi connectivity index (χ3n) is 9.23. The molecule has 0 radical (unpaired) electrons. The number of halogens is 9. The molecule has 0 aliphatic carbocycles. The van der Waals surface area contributed by atoms with Gasteiger partial charge < -0.3 is 69.9 Å². The Morgan fingerprint density at radius 3 is 1.41 bits per heavy atom. The van der Waals surface area contributed by atoms with Crippen LogP contribution in [-0.4, -0.2) is 143 Å². The van der Waals surface area contributed by atoms with Crippen LogP contribution < -0.4 is 49.5 Å². The summed E-state index contributed by atoms with van der Waals surface area (Å²) in [5.41, 5.74) is 23.6. The summed E-state index contributed by atoms with van der Waals surface area (Å²) < 4.78 is 95.2. The van der Waals surface area contributed by atoms with E-state index >= 15 is 0 Å². The van der Waals surface area contributed by atoms with Gasteiger partial charge in [0, 0.05) is 32.1 Å². The van der Waals surface area contributed by atoms with Crippen molar-refractivity contribution in [1.29, 1.82) is 0 Å². The molecule has 73 heavy (non-hydrogen) atoms. The third kappa shape index (κ3) is 26.6. The molecule has 1 aliphatic heterocycles. The minimum absolute atomic E-state index is 0.0512. The van der Waals surface area contributed by atoms with Gasteiger partial charge in [-0.05, 0) is 66.1 Å². The highest BCUT2D eigenvalue weighted by atomic mass is 19.4. The zero-order chi connectivity index (χ0) is 55.7. The molecule has 4 atom stereocenters. The van der Waals surface area contributed by atoms with E-state index in [-0.39, 0.29) is 63.1 Å². The zero-order valence-corrected chi connectivity index (χ0v) is 38.0. The van der Waals surface area contributed by atoms with Gasteiger partial charge in [-0.15, -0.1) is 0 Å². The Morgan fingerprint density at radius 2 is 0.973 bits per heavy atom. The van der Waals surface area contributed by atoms with Gasteiger partial charge in [-0.3, -0.25) is 29.2 Å².